The number of rotatable bonds is 0. The lowest BCUT2D eigenvalue weighted by Crippen LogP contribution is -2.64. The summed E-state index contributed by atoms with van der Waals surface area (Å²) in [5, 5.41) is 7.62. The van der Waals surface area contributed by atoms with Crippen LogP contribution >= 0.6 is 0 Å². The zero-order valence-electron chi connectivity index (χ0n) is 6.42. The highest BCUT2D eigenvalue weighted by Crippen LogP contribution is 2.09. The molecule has 5 heteroatoms. The van der Waals surface area contributed by atoms with Crippen LogP contribution in [0.5, 0.6) is 0 Å². The molecule has 0 aromatic heterocycles. The molecule has 2 rings (SSSR count). The average Bonchev–Trinajstić information content (AvgIpc) is 2.34. The molecule has 0 bridgehead atoms. The first-order valence-corrected chi connectivity index (χ1v) is 3.86. The molecule has 0 aromatic rings. The Kier molecular flexibility index (Phi) is 1.47. The third-order valence-electron chi connectivity index (χ3n) is 2.01. The molecular formula is C6H12N4O. The number of carbonyl (C=O) groups excluding carboxylic acids is 1. The second kappa shape index (κ2) is 2.35. The maximum atomic E-state index is 11.2. The average molecular weight is 156 g/mol. The van der Waals surface area contributed by atoms with Crippen LogP contribution in [0.3, 0.4) is 0 Å². The van der Waals surface area contributed by atoms with Crippen molar-refractivity contribution < 1.29 is 4.79 Å². The molecule has 2 aliphatic rings. The Labute approximate surface area is 65.1 Å². The van der Waals surface area contributed by atoms with Crippen molar-refractivity contribution in [3.63, 3.8) is 0 Å². The molecule has 0 aliphatic carbocycles. The van der Waals surface area contributed by atoms with Crippen molar-refractivity contribution in [3.05, 3.63) is 0 Å². The van der Waals surface area contributed by atoms with Crippen molar-refractivity contribution in [1.29, 1.82) is 0 Å². The number of nitrogens with zero attached hydrogens (tertiary/aromatic N) is 1. The standard InChI is InChI=1S/C6H12N4O/c1-4-8-5-2-3-7-10(5)6(11)9-4/h4-5,7-8H,2-3H2,1H3,(H,9,11). The lowest BCUT2D eigenvalue weighted by atomic mass is 10.3. The topological polar surface area (TPSA) is 56.4 Å². The smallest absolute Gasteiger partial charge is 0.322 e. The number of nitrogens with one attached hydrogen (secondary N) is 3. The van der Waals surface area contributed by atoms with Crippen molar-refractivity contribution in [3.8, 4) is 0 Å². The Balaban J connectivity index is 2.10. The molecule has 0 radical (unpaired) electrons. The molecule has 5 nitrogen and oxygen atoms in total. The van der Waals surface area contributed by atoms with E-state index in [-0.39, 0.29) is 18.4 Å². The van der Waals surface area contributed by atoms with E-state index >= 15 is 0 Å². The van der Waals surface area contributed by atoms with Crippen molar-refractivity contribution in [1.82, 2.24) is 21.1 Å². The van der Waals surface area contributed by atoms with Gasteiger partial charge in [0.15, 0.2) is 0 Å². The highest BCUT2D eigenvalue weighted by molar-refractivity contribution is 5.75. The second-order valence-electron chi connectivity index (χ2n) is 2.92. The predicted octanol–water partition coefficient (Wildman–Crippen LogP) is -0.818. The van der Waals surface area contributed by atoms with Crippen molar-refractivity contribution in [2.75, 3.05) is 6.54 Å². The molecule has 2 saturated heterocycles. The van der Waals surface area contributed by atoms with Gasteiger partial charge in [0.25, 0.3) is 0 Å². The first-order valence-electron chi connectivity index (χ1n) is 3.86. The summed E-state index contributed by atoms with van der Waals surface area (Å²) in [7, 11) is 0. The van der Waals surface area contributed by atoms with Gasteiger partial charge in [0.2, 0.25) is 0 Å². The summed E-state index contributed by atoms with van der Waals surface area (Å²) < 4.78 is 0. The molecule has 0 spiro atoms. The number of carbonyl (C=O) groups is 1. The lowest BCUT2D eigenvalue weighted by molar-refractivity contribution is 0.121. The minimum absolute atomic E-state index is 0.0289. The molecule has 2 aliphatic heterocycles. The first-order chi connectivity index (χ1) is 5.27. The molecule has 2 atom stereocenters. The Hall–Kier alpha value is -0.810. The SMILES string of the molecule is CC1NC(=O)N2NCCC2N1. The summed E-state index contributed by atoms with van der Waals surface area (Å²) in [6, 6.07) is -0.0289. The van der Waals surface area contributed by atoms with Crippen LogP contribution in [0.4, 0.5) is 4.79 Å². The summed E-state index contributed by atoms with van der Waals surface area (Å²) in [5.74, 6) is 0. The van der Waals surface area contributed by atoms with Gasteiger partial charge in [-0.2, -0.15) is 0 Å². The molecule has 11 heavy (non-hydrogen) atoms. The Morgan fingerprint density at radius 2 is 2.45 bits per heavy atom. The van der Waals surface area contributed by atoms with Gasteiger partial charge in [0.1, 0.15) is 6.17 Å². The van der Waals surface area contributed by atoms with E-state index in [0.717, 1.165) is 13.0 Å². The van der Waals surface area contributed by atoms with Gasteiger partial charge in [-0.05, 0) is 13.3 Å². The van der Waals surface area contributed by atoms with Crippen molar-refractivity contribution >= 4 is 6.03 Å². The predicted molar refractivity (Wildman–Crippen MR) is 39.4 cm³/mol. The molecule has 3 N–H and O–H groups in total. The summed E-state index contributed by atoms with van der Waals surface area (Å²) >= 11 is 0. The number of urea groups is 1. The number of hydrogen-bond acceptors (Lipinski definition) is 3. The molecule has 0 aromatic carbocycles. The van der Waals surface area contributed by atoms with E-state index in [9.17, 15) is 4.79 Å². The molecule has 0 saturated carbocycles. The van der Waals surface area contributed by atoms with Gasteiger partial charge in [-0.3, -0.25) is 5.32 Å². The van der Waals surface area contributed by atoms with Gasteiger partial charge in [-0.25, -0.2) is 15.2 Å². The van der Waals surface area contributed by atoms with Crippen LogP contribution in [-0.2, 0) is 0 Å². The third-order valence-corrected chi connectivity index (χ3v) is 2.01. The highest BCUT2D eigenvalue weighted by atomic mass is 16.2. The van der Waals surface area contributed by atoms with E-state index in [4.69, 9.17) is 0 Å². The van der Waals surface area contributed by atoms with Gasteiger partial charge >= 0.3 is 6.03 Å². The fourth-order valence-corrected chi connectivity index (χ4v) is 1.52. The van der Waals surface area contributed by atoms with Crippen LogP contribution in [-0.4, -0.2) is 29.9 Å². The van der Waals surface area contributed by atoms with E-state index in [1.54, 1.807) is 5.01 Å². The lowest BCUT2D eigenvalue weighted by Gasteiger charge is -2.34. The fraction of sp³-hybridized carbons (Fsp3) is 0.833. The maximum absolute atomic E-state index is 11.2. The Bertz CT molecular complexity index is 183. The van der Waals surface area contributed by atoms with Crippen molar-refractivity contribution in [2.45, 2.75) is 25.7 Å². The third kappa shape index (κ3) is 1.06. The van der Waals surface area contributed by atoms with Crippen LogP contribution in [0.1, 0.15) is 13.3 Å². The zero-order chi connectivity index (χ0) is 7.84. The second-order valence-corrected chi connectivity index (χ2v) is 2.92. The minimum atomic E-state index is -0.0289. The first kappa shape index (κ1) is 6.87. The molecular weight excluding hydrogens is 144 g/mol. The molecule has 2 unspecified atom stereocenters. The van der Waals surface area contributed by atoms with Crippen LogP contribution in [0.25, 0.3) is 0 Å². The van der Waals surface area contributed by atoms with E-state index < -0.39 is 0 Å². The molecule has 2 amide bonds. The summed E-state index contributed by atoms with van der Waals surface area (Å²) in [4.78, 5) is 11.2. The Morgan fingerprint density at radius 3 is 3.27 bits per heavy atom. The van der Waals surface area contributed by atoms with E-state index in [0.29, 0.717) is 0 Å². The number of amides is 2. The van der Waals surface area contributed by atoms with Gasteiger partial charge in [-0.15, -0.1) is 0 Å². The molecule has 2 heterocycles. The quantitative estimate of drug-likeness (QED) is 0.429. The van der Waals surface area contributed by atoms with Gasteiger partial charge < -0.3 is 5.32 Å². The van der Waals surface area contributed by atoms with Crippen molar-refractivity contribution in [2.24, 2.45) is 0 Å². The van der Waals surface area contributed by atoms with Crippen LogP contribution < -0.4 is 16.1 Å². The Morgan fingerprint density at radius 1 is 1.64 bits per heavy atom. The van der Waals surface area contributed by atoms with E-state index in [1.165, 1.54) is 0 Å². The number of hydrogen-bond donors (Lipinski definition) is 3. The summed E-state index contributed by atoms with van der Waals surface area (Å²) in [5.41, 5.74) is 2.99. The van der Waals surface area contributed by atoms with Crippen LogP contribution in [0.15, 0.2) is 0 Å². The molecule has 62 valence electrons. The summed E-state index contributed by atoms with van der Waals surface area (Å²) in [6.07, 6.45) is 1.25. The van der Waals surface area contributed by atoms with Gasteiger partial charge in [0.05, 0.1) is 6.17 Å². The fourth-order valence-electron chi connectivity index (χ4n) is 1.52. The van der Waals surface area contributed by atoms with E-state index in [2.05, 4.69) is 16.1 Å². The van der Waals surface area contributed by atoms with Crippen LogP contribution in [0.2, 0.25) is 0 Å². The van der Waals surface area contributed by atoms with E-state index in [1.807, 2.05) is 6.92 Å². The highest BCUT2D eigenvalue weighted by Gasteiger charge is 2.34. The minimum Gasteiger partial charge on any atom is -0.322 e. The van der Waals surface area contributed by atoms with Gasteiger partial charge in [-0.1, -0.05) is 0 Å². The number of fused-ring (bicyclic) bond motifs is 1. The summed E-state index contributed by atoms with van der Waals surface area (Å²) in [6.45, 7) is 2.81. The number of hydrazine groups is 1. The monoisotopic (exact) mass is 156 g/mol. The van der Waals surface area contributed by atoms with Crippen LogP contribution in [0, 0.1) is 0 Å². The van der Waals surface area contributed by atoms with Gasteiger partial charge in [0, 0.05) is 6.54 Å². The molecule has 2 fully saturated rings. The largest absolute Gasteiger partial charge is 0.334 e. The normalized spacial score (nSPS) is 36.8. The maximum Gasteiger partial charge on any atom is 0.334 e. The zero-order valence-corrected chi connectivity index (χ0v) is 6.42.